The van der Waals surface area contributed by atoms with E-state index in [1.807, 2.05) is 27.7 Å². The predicted molar refractivity (Wildman–Crippen MR) is 419 cm³/mol. The molecule has 0 amide bonds. The maximum absolute atomic E-state index is 14.0. The Hall–Kier alpha value is -13.4. The van der Waals surface area contributed by atoms with E-state index in [9.17, 15) is 57.5 Å². The second kappa shape index (κ2) is 48.0. The molecule has 0 aromatic heterocycles. The number of hydrogen-bond acceptors (Lipinski definition) is 28. The first-order valence-electron chi connectivity index (χ1n) is 38.4. The summed E-state index contributed by atoms with van der Waals surface area (Å²) in [6, 6.07) is 48.9. The lowest BCUT2D eigenvalue weighted by Crippen LogP contribution is -2.46. The number of hydrogen-bond donors (Lipinski definition) is 0. The minimum atomic E-state index is -2.02. The van der Waals surface area contributed by atoms with Gasteiger partial charge in [0.25, 0.3) is 0 Å². The molecule has 0 unspecified atom stereocenters. The summed E-state index contributed by atoms with van der Waals surface area (Å²) in [6.45, 7) is 7.27. The van der Waals surface area contributed by atoms with Gasteiger partial charge in [-0.15, -0.1) is 0 Å². The number of unbranched alkanes of at least 4 members (excludes halogenated alkanes) is 4. The van der Waals surface area contributed by atoms with Gasteiger partial charge in [0.05, 0.1) is 55.3 Å². The van der Waals surface area contributed by atoms with Crippen LogP contribution in [0.3, 0.4) is 0 Å². The van der Waals surface area contributed by atoms with Crippen molar-refractivity contribution in [1.29, 1.82) is 0 Å². The Morgan fingerprint density at radius 1 is 0.222 bits per heavy atom. The van der Waals surface area contributed by atoms with E-state index in [1.165, 1.54) is 97.1 Å². The van der Waals surface area contributed by atoms with Crippen LogP contribution in [-0.4, -0.2) is 123 Å². The summed E-state index contributed by atoms with van der Waals surface area (Å²) in [4.78, 5) is 158. The van der Waals surface area contributed by atoms with Crippen molar-refractivity contribution in [1.82, 2.24) is 0 Å². The highest BCUT2D eigenvalue weighted by molar-refractivity contribution is 5.93. The van der Waals surface area contributed by atoms with Crippen LogP contribution in [0, 0.1) is 0 Å². The lowest BCUT2D eigenvalue weighted by molar-refractivity contribution is -0.188. The van der Waals surface area contributed by atoms with Crippen molar-refractivity contribution in [2.24, 2.45) is 0 Å². The molecule has 117 heavy (non-hydrogen) atoms. The first kappa shape index (κ1) is 89.2. The Balaban J connectivity index is 0.865. The second-order valence-corrected chi connectivity index (χ2v) is 25.9. The minimum Gasteiger partial charge on any atom is -0.494 e. The van der Waals surface area contributed by atoms with E-state index >= 15 is 0 Å². The average molecular weight is 1610 g/mol. The molecule has 28 nitrogen and oxygen atoms in total. The summed E-state index contributed by atoms with van der Waals surface area (Å²) in [5, 5.41) is 0. The van der Waals surface area contributed by atoms with Gasteiger partial charge in [0.2, 0.25) is 0 Å². The number of carbonyl (C=O) groups is 12. The van der Waals surface area contributed by atoms with Gasteiger partial charge in [-0.3, -0.25) is 38.4 Å². The van der Waals surface area contributed by atoms with Crippen molar-refractivity contribution in [2.45, 2.75) is 142 Å². The van der Waals surface area contributed by atoms with Crippen LogP contribution in [0.2, 0.25) is 0 Å². The summed E-state index contributed by atoms with van der Waals surface area (Å²) >= 11 is 0. The number of benzene rings is 8. The fourth-order valence-corrected chi connectivity index (χ4v) is 10.8. The Morgan fingerprint density at radius 2 is 0.410 bits per heavy atom. The number of rotatable bonds is 48. The van der Waals surface area contributed by atoms with Gasteiger partial charge in [-0.25, -0.2) is 19.2 Å². The Bertz CT molecular complexity index is 4410. The fraction of sp³-hybridized carbons (Fsp3) is 0.326. The monoisotopic (exact) mass is 1610 g/mol. The molecule has 0 N–H and O–H groups in total. The van der Waals surface area contributed by atoms with Gasteiger partial charge in [-0.1, -0.05) is 0 Å². The molecule has 0 aliphatic heterocycles. The molecule has 28 heteroatoms. The molecule has 0 aliphatic carbocycles. The van der Waals surface area contributed by atoms with Crippen LogP contribution in [-0.2, 0) is 57.3 Å². The molecule has 8 aromatic carbocycles. The first-order chi connectivity index (χ1) is 56.6. The first-order valence-corrected chi connectivity index (χ1v) is 38.4. The highest BCUT2D eigenvalue weighted by Gasteiger charge is 2.39. The Labute approximate surface area is 676 Å². The van der Waals surface area contributed by atoms with Gasteiger partial charge in [0, 0.05) is 57.8 Å². The highest BCUT2D eigenvalue weighted by atomic mass is 16.6. The second-order valence-electron chi connectivity index (χ2n) is 25.9. The zero-order valence-electron chi connectivity index (χ0n) is 65.4. The summed E-state index contributed by atoms with van der Waals surface area (Å²) in [5.41, 5.74) is -1.06. The van der Waals surface area contributed by atoms with Crippen LogP contribution in [0.5, 0.6) is 69.0 Å². The predicted octanol–water partition coefficient (Wildman–Crippen LogP) is 15.4. The van der Waals surface area contributed by atoms with E-state index in [1.54, 1.807) is 97.1 Å². The van der Waals surface area contributed by atoms with Crippen molar-refractivity contribution >= 4 is 71.6 Å². The van der Waals surface area contributed by atoms with E-state index in [2.05, 4.69) is 0 Å². The van der Waals surface area contributed by atoms with E-state index in [4.69, 9.17) is 75.8 Å². The number of carbonyl (C=O) groups excluding carboxylic acids is 12. The molecule has 0 radical (unpaired) electrons. The van der Waals surface area contributed by atoms with Gasteiger partial charge < -0.3 is 75.8 Å². The molecule has 0 saturated heterocycles. The van der Waals surface area contributed by atoms with E-state index < -0.39 is 103 Å². The molecule has 8 aromatic rings. The van der Waals surface area contributed by atoms with Gasteiger partial charge in [0.15, 0.2) is 5.60 Å². The zero-order valence-corrected chi connectivity index (χ0v) is 65.4. The van der Waals surface area contributed by atoms with E-state index in [0.717, 1.165) is 0 Å². The molecule has 0 bridgehead atoms. The third-order valence-electron chi connectivity index (χ3n) is 16.9. The summed E-state index contributed by atoms with van der Waals surface area (Å²) < 4.78 is 88.5. The summed E-state index contributed by atoms with van der Waals surface area (Å²) in [7, 11) is 0. The molecule has 0 heterocycles. The maximum Gasteiger partial charge on any atom is 0.343 e. The maximum atomic E-state index is 14.0. The van der Waals surface area contributed by atoms with Gasteiger partial charge in [-0.05, 0) is 273 Å². The van der Waals surface area contributed by atoms with Crippen LogP contribution in [0.4, 0.5) is 0 Å². The molecule has 0 fully saturated rings. The molecule has 0 saturated carbocycles. The molecule has 0 spiro atoms. The van der Waals surface area contributed by atoms with Crippen LogP contribution in [0.25, 0.3) is 0 Å². The minimum absolute atomic E-state index is 0.0592. The normalized spacial score (nSPS) is 10.8. The molecule has 616 valence electrons. The van der Waals surface area contributed by atoms with Gasteiger partial charge >= 0.3 is 71.6 Å². The average Bonchev–Trinajstić information content (AvgIpc) is 0.835. The lowest BCUT2D eigenvalue weighted by Gasteiger charge is -2.32. The van der Waals surface area contributed by atoms with Crippen molar-refractivity contribution in [2.75, 3.05) is 46.2 Å². The summed E-state index contributed by atoms with van der Waals surface area (Å²) in [5.74, 6) is -4.33. The number of ether oxygens (including phenoxy) is 16. The van der Waals surface area contributed by atoms with E-state index in [0.29, 0.717) is 66.5 Å². The highest BCUT2D eigenvalue weighted by Crippen LogP contribution is 2.28. The van der Waals surface area contributed by atoms with Gasteiger partial charge in [0.1, 0.15) is 82.2 Å². The molecule has 0 aliphatic rings. The molecule has 0 atom stereocenters. The smallest absolute Gasteiger partial charge is 0.343 e. The SMILES string of the molecule is CCOc1ccc(OC(=O)c2ccc(OC(=O)CCCCC(=O)OCC(CCOC(=O)CCCCC(=O)Oc3ccc(OC(=O)c4ccc(OCC)cc4)cc3)(COC(=O)CCCCC(=O)Oc3ccc(C(=O)Oc4ccc(OCC)cc4)cc3)OC(=O)CCCCC(=O)Oc3ccc(OC(=O)c4ccc(OCC)cc4)cc3)cc2)cc1. The molecule has 8 rings (SSSR count). The van der Waals surface area contributed by atoms with Crippen LogP contribution < -0.4 is 56.8 Å². The zero-order chi connectivity index (χ0) is 83.6. The Kier molecular flexibility index (Phi) is 36.5. The lowest BCUT2D eigenvalue weighted by atomic mass is 10.0. The van der Waals surface area contributed by atoms with Gasteiger partial charge in [-0.2, -0.15) is 0 Å². The summed E-state index contributed by atoms with van der Waals surface area (Å²) in [6.07, 6.45) is -0.921. The van der Waals surface area contributed by atoms with Crippen molar-refractivity contribution in [3.63, 3.8) is 0 Å². The largest absolute Gasteiger partial charge is 0.494 e. The van der Waals surface area contributed by atoms with Crippen LogP contribution in [0.15, 0.2) is 194 Å². The Morgan fingerprint density at radius 3 is 0.650 bits per heavy atom. The van der Waals surface area contributed by atoms with Crippen LogP contribution >= 0.6 is 0 Å². The van der Waals surface area contributed by atoms with E-state index in [-0.39, 0.29) is 154 Å². The van der Waals surface area contributed by atoms with Crippen molar-refractivity contribution in [3.05, 3.63) is 216 Å². The molecular weight excluding hydrogens is 1520 g/mol. The fourth-order valence-electron chi connectivity index (χ4n) is 10.8. The third-order valence-corrected chi connectivity index (χ3v) is 16.9. The molecular formula is C89H92O28. The topological polar surface area (TPSA) is 353 Å². The number of esters is 12. The quantitative estimate of drug-likeness (QED) is 0.0148. The standard InChI is InChI=1S/C89H92O28/c1-5-102-65-33-25-61(26-34-65)85(98)115-75-53-49-71(50-54-75)111-82(95)20-12-9-17-77(90)106-58-57-89(117-84(97)24-16-15-23-83(96)112-72-51-55-76(56-52-72)116-86(99)62-27-35-66(36-28-62)103-6-2,59-107-78(91)18-10-13-21-80(93)109-69-37-29-63(30-38-69)87(100)113-73-45-41-67(42-46-73)104-7-3)60-108-79(92)19-11-14-22-81(94)110-70-39-31-64(32-40-70)88(101)114-74-47-43-68(44-48-74)105-8-4/h25-56H,5-24,57-60H2,1-4H3. The van der Waals surface area contributed by atoms with Crippen molar-refractivity contribution in [3.8, 4) is 69.0 Å². The third kappa shape index (κ3) is 32.6. The van der Waals surface area contributed by atoms with Crippen molar-refractivity contribution < 1.29 is 133 Å². The van der Waals surface area contributed by atoms with Crippen LogP contribution in [0.1, 0.15) is 178 Å².